The van der Waals surface area contributed by atoms with Gasteiger partial charge in [0.1, 0.15) is 12.1 Å². The fourth-order valence-corrected chi connectivity index (χ4v) is 2.45. The predicted molar refractivity (Wildman–Crippen MR) is 95.8 cm³/mol. The van der Waals surface area contributed by atoms with Gasteiger partial charge in [0.15, 0.2) is 5.58 Å². The molecule has 1 heterocycles. The number of carbonyl (C=O) groups is 1. The molecule has 3 rings (SSSR count). The van der Waals surface area contributed by atoms with Crippen LogP contribution in [0.5, 0.6) is 0 Å². The van der Waals surface area contributed by atoms with Gasteiger partial charge in [-0.1, -0.05) is 23.7 Å². The van der Waals surface area contributed by atoms with Gasteiger partial charge in [-0.15, -0.1) is 0 Å². The van der Waals surface area contributed by atoms with E-state index in [2.05, 4.69) is 10.3 Å². The Labute approximate surface area is 149 Å². The topological polar surface area (TPSA) is 73.6 Å². The lowest BCUT2D eigenvalue weighted by Crippen LogP contribution is -2.20. The molecule has 0 aliphatic rings. The molecule has 0 saturated heterocycles. The fourth-order valence-electron chi connectivity index (χ4n) is 2.29. The summed E-state index contributed by atoms with van der Waals surface area (Å²) in [4.78, 5) is 16.5. The number of para-hydroxylation sites is 1. The van der Waals surface area contributed by atoms with E-state index in [0.29, 0.717) is 46.5 Å². The lowest BCUT2D eigenvalue weighted by atomic mass is 10.1. The molecular weight excluding hydrogens is 344 g/mol. The van der Waals surface area contributed by atoms with E-state index in [9.17, 15) is 4.79 Å². The summed E-state index contributed by atoms with van der Waals surface area (Å²) >= 11 is 5.98. The molecule has 0 aliphatic carbocycles. The first-order chi connectivity index (χ1) is 12.2. The number of anilines is 1. The molecule has 7 heteroatoms. The summed E-state index contributed by atoms with van der Waals surface area (Å²) in [7, 11) is 1.58. The summed E-state index contributed by atoms with van der Waals surface area (Å²) < 4.78 is 15.9. The number of aromatic nitrogens is 1. The third kappa shape index (κ3) is 4.36. The molecule has 6 nitrogen and oxygen atoms in total. The van der Waals surface area contributed by atoms with Crippen LogP contribution in [0.3, 0.4) is 0 Å². The first-order valence-corrected chi connectivity index (χ1v) is 8.07. The molecule has 130 valence electrons. The van der Waals surface area contributed by atoms with Crippen molar-refractivity contribution < 1.29 is 18.7 Å². The molecule has 1 N–H and O–H groups in total. The number of amides is 1. The highest BCUT2D eigenvalue weighted by Gasteiger charge is 2.14. The van der Waals surface area contributed by atoms with E-state index in [1.807, 2.05) is 18.2 Å². The van der Waals surface area contributed by atoms with Crippen molar-refractivity contribution in [2.75, 3.05) is 32.2 Å². The number of carbonyl (C=O) groups excluding carboxylic acids is 1. The average molecular weight is 361 g/mol. The molecule has 1 amide bonds. The molecule has 0 unspecified atom stereocenters. The van der Waals surface area contributed by atoms with E-state index in [1.54, 1.807) is 31.4 Å². The molecule has 0 saturated carbocycles. The zero-order valence-electron chi connectivity index (χ0n) is 13.6. The van der Waals surface area contributed by atoms with Crippen LogP contribution in [0.1, 0.15) is 0 Å². The maximum Gasteiger partial charge on any atom is 0.250 e. The Bertz CT molecular complexity index is 878. The highest BCUT2D eigenvalue weighted by atomic mass is 35.5. The van der Waals surface area contributed by atoms with E-state index >= 15 is 0 Å². The minimum Gasteiger partial charge on any atom is -0.436 e. The summed E-state index contributed by atoms with van der Waals surface area (Å²) in [6.45, 7) is 0.744. The summed E-state index contributed by atoms with van der Waals surface area (Å²) in [6, 6.07) is 12.5. The SMILES string of the molecule is COCCOCC(=O)Nc1ccccc1-c1nc2cc(Cl)ccc2o1. The molecule has 0 fully saturated rings. The highest BCUT2D eigenvalue weighted by molar-refractivity contribution is 6.31. The molecule has 0 radical (unpaired) electrons. The molecule has 0 bridgehead atoms. The fraction of sp³-hybridized carbons (Fsp3) is 0.222. The number of nitrogens with zero attached hydrogens (tertiary/aromatic N) is 1. The van der Waals surface area contributed by atoms with Crippen molar-refractivity contribution in [3.63, 3.8) is 0 Å². The van der Waals surface area contributed by atoms with E-state index in [-0.39, 0.29) is 12.5 Å². The molecule has 0 spiro atoms. The van der Waals surface area contributed by atoms with Gasteiger partial charge in [0.2, 0.25) is 11.8 Å². The monoisotopic (exact) mass is 360 g/mol. The number of oxazole rings is 1. The van der Waals surface area contributed by atoms with Crippen molar-refractivity contribution in [2.24, 2.45) is 0 Å². The zero-order chi connectivity index (χ0) is 17.6. The molecule has 0 atom stereocenters. The number of nitrogens with one attached hydrogen (secondary N) is 1. The van der Waals surface area contributed by atoms with Crippen molar-refractivity contribution in [1.29, 1.82) is 0 Å². The minimum atomic E-state index is -0.261. The second kappa shape index (κ2) is 8.11. The summed E-state index contributed by atoms with van der Waals surface area (Å²) in [5, 5.41) is 3.40. The Hall–Kier alpha value is -2.41. The first-order valence-electron chi connectivity index (χ1n) is 7.69. The number of fused-ring (bicyclic) bond motifs is 1. The second-order valence-electron chi connectivity index (χ2n) is 5.27. The zero-order valence-corrected chi connectivity index (χ0v) is 14.4. The normalized spacial score (nSPS) is 11.0. The van der Waals surface area contributed by atoms with Gasteiger partial charge in [-0.2, -0.15) is 0 Å². The van der Waals surface area contributed by atoms with Crippen molar-refractivity contribution >= 4 is 34.3 Å². The number of methoxy groups -OCH3 is 1. The highest BCUT2D eigenvalue weighted by Crippen LogP contribution is 2.30. The van der Waals surface area contributed by atoms with Crippen molar-refractivity contribution in [1.82, 2.24) is 4.98 Å². The van der Waals surface area contributed by atoms with E-state index in [0.717, 1.165) is 0 Å². The van der Waals surface area contributed by atoms with E-state index in [4.69, 9.17) is 25.5 Å². The Morgan fingerprint density at radius 1 is 1.24 bits per heavy atom. The van der Waals surface area contributed by atoms with Crippen molar-refractivity contribution in [3.8, 4) is 11.5 Å². The Kier molecular flexibility index (Phi) is 5.65. The van der Waals surface area contributed by atoms with Crippen LogP contribution in [0.4, 0.5) is 5.69 Å². The minimum absolute atomic E-state index is 0.0547. The van der Waals surface area contributed by atoms with Crippen LogP contribution >= 0.6 is 11.6 Å². The van der Waals surface area contributed by atoms with Crippen molar-refractivity contribution in [3.05, 3.63) is 47.5 Å². The van der Waals surface area contributed by atoms with Gasteiger partial charge in [-0.05, 0) is 30.3 Å². The van der Waals surface area contributed by atoms with Crippen LogP contribution in [0.25, 0.3) is 22.6 Å². The Morgan fingerprint density at radius 2 is 2.08 bits per heavy atom. The number of ether oxygens (including phenoxy) is 2. The van der Waals surface area contributed by atoms with Crippen LogP contribution in [-0.2, 0) is 14.3 Å². The van der Waals surface area contributed by atoms with E-state index < -0.39 is 0 Å². The van der Waals surface area contributed by atoms with Crippen LogP contribution in [0.2, 0.25) is 5.02 Å². The Morgan fingerprint density at radius 3 is 2.92 bits per heavy atom. The van der Waals surface area contributed by atoms with Gasteiger partial charge in [0.25, 0.3) is 0 Å². The van der Waals surface area contributed by atoms with Gasteiger partial charge in [0, 0.05) is 12.1 Å². The standard InChI is InChI=1S/C18H17ClN2O4/c1-23-8-9-24-11-17(22)20-14-5-3-2-4-13(14)18-21-15-10-12(19)6-7-16(15)25-18/h2-7,10H,8-9,11H2,1H3,(H,20,22). The quantitative estimate of drug-likeness (QED) is 0.649. The van der Waals surface area contributed by atoms with E-state index in [1.165, 1.54) is 0 Å². The van der Waals surface area contributed by atoms with Crippen LogP contribution in [-0.4, -0.2) is 37.8 Å². The summed E-state index contributed by atoms with van der Waals surface area (Å²) in [5.41, 5.74) is 2.57. The van der Waals surface area contributed by atoms with Gasteiger partial charge in [0.05, 0.1) is 24.5 Å². The third-order valence-electron chi connectivity index (χ3n) is 3.45. The largest absolute Gasteiger partial charge is 0.436 e. The predicted octanol–water partition coefficient (Wildman–Crippen LogP) is 3.75. The van der Waals surface area contributed by atoms with Crippen LogP contribution < -0.4 is 5.32 Å². The molecule has 1 aromatic heterocycles. The van der Waals surface area contributed by atoms with Crippen molar-refractivity contribution in [2.45, 2.75) is 0 Å². The lowest BCUT2D eigenvalue weighted by molar-refractivity contribution is -0.121. The van der Waals surface area contributed by atoms with Crippen LogP contribution in [0.15, 0.2) is 46.9 Å². The maximum atomic E-state index is 12.0. The van der Waals surface area contributed by atoms with Gasteiger partial charge in [-0.25, -0.2) is 4.98 Å². The molecular formula is C18H17ClN2O4. The summed E-state index contributed by atoms with van der Waals surface area (Å²) in [5.74, 6) is 0.149. The third-order valence-corrected chi connectivity index (χ3v) is 3.68. The van der Waals surface area contributed by atoms with Gasteiger partial charge < -0.3 is 19.2 Å². The number of hydrogen-bond acceptors (Lipinski definition) is 5. The molecule has 0 aliphatic heterocycles. The smallest absolute Gasteiger partial charge is 0.250 e. The molecule has 3 aromatic rings. The van der Waals surface area contributed by atoms with Gasteiger partial charge >= 0.3 is 0 Å². The lowest BCUT2D eigenvalue weighted by Gasteiger charge is -2.09. The molecule has 2 aromatic carbocycles. The van der Waals surface area contributed by atoms with Crippen LogP contribution in [0, 0.1) is 0 Å². The number of hydrogen-bond donors (Lipinski definition) is 1. The second-order valence-corrected chi connectivity index (χ2v) is 5.71. The summed E-state index contributed by atoms with van der Waals surface area (Å²) in [6.07, 6.45) is 0. The maximum absolute atomic E-state index is 12.0. The average Bonchev–Trinajstić information content (AvgIpc) is 3.02. The Balaban J connectivity index is 1.79. The first kappa shape index (κ1) is 17.4. The number of benzene rings is 2. The number of rotatable bonds is 7. The molecule has 25 heavy (non-hydrogen) atoms. The van der Waals surface area contributed by atoms with Gasteiger partial charge in [-0.3, -0.25) is 4.79 Å². The number of halogens is 1.